The Morgan fingerprint density at radius 2 is 2.28 bits per heavy atom. The van der Waals surface area contributed by atoms with Gasteiger partial charge in [0.2, 0.25) is 5.89 Å². The summed E-state index contributed by atoms with van der Waals surface area (Å²) in [5, 5.41) is 20.7. The zero-order valence-electron chi connectivity index (χ0n) is 10.9. The van der Waals surface area contributed by atoms with Gasteiger partial charge in [0, 0.05) is 6.54 Å². The number of nitrogens with zero attached hydrogens (tertiary/aromatic N) is 3. The van der Waals surface area contributed by atoms with Crippen LogP contribution in [0.3, 0.4) is 0 Å². The van der Waals surface area contributed by atoms with Crippen LogP contribution in [0.2, 0.25) is 0 Å². The predicted molar refractivity (Wildman–Crippen MR) is 68.4 cm³/mol. The molecule has 1 aliphatic heterocycles. The Bertz CT molecular complexity index is 356. The second-order valence-corrected chi connectivity index (χ2v) is 4.64. The average molecular weight is 254 g/mol. The molecule has 0 saturated carbocycles. The average Bonchev–Trinajstić information content (AvgIpc) is 2.73. The highest BCUT2D eigenvalue weighted by Gasteiger charge is 2.24. The van der Waals surface area contributed by atoms with Crippen molar-refractivity contribution < 1.29 is 9.52 Å². The molecule has 6 nitrogen and oxygen atoms in total. The second-order valence-electron chi connectivity index (χ2n) is 4.64. The van der Waals surface area contributed by atoms with Crippen LogP contribution in [0.5, 0.6) is 0 Å². The summed E-state index contributed by atoms with van der Waals surface area (Å²) in [7, 11) is 0. The summed E-state index contributed by atoms with van der Waals surface area (Å²) in [4.78, 5) is 2.05. The second kappa shape index (κ2) is 6.70. The normalized spacial score (nSPS) is 21.0. The van der Waals surface area contributed by atoms with Gasteiger partial charge < -0.3 is 19.7 Å². The van der Waals surface area contributed by atoms with Gasteiger partial charge in [-0.05, 0) is 19.4 Å². The summed E-state index contributed by atoms with van der Waals surface area (Å²) >= 11 is 0. The third-order valence-corrected chi connectivity index (χ3v) is 3.32. The highest BCUT2D eigenvalue weighted by atomic mass is 16.4. The molecule has 18 heavy (non-hydrogen) atoms. The van der Waals surface area contributed by atoms with E-state index in [0.29, 0.717) is 18.5 Å². The van der Waals surface area contributed by atoms with E-state index < -0.39 is 0 Å². The summed E-state index contributed by atoms with van der Waals surface area (Å²) in [6.07, 6.45) is 4.45. The van der Waals surface area contributed by atoms with E-state index in [0.717, 1.165) is 32.4 Å². The van der Waals surface area contributed by atoms with Gasteiger partial charge in [0.05, 0.1) is 19.2 Å². The predicted octanol–water partition coefficient (Wildman–Crippen LogP) is 0.920. The Kier molecular flexibility index (Phi) is 4.95. The van der Waals surface area contributed by atoms with E-state index in [4.69, 9.17) is 4.42 Å². The van der Waals surface area contributed by atoms with Crippen molar-refractivity contribution in [3.8, 4) is 0 Å². The SMILES string of the molecule is CCNCc1nnc(N2CCCCCC2CO)o1. The van der Waals surface area contributed by atoms with Crippen molar-refractivity contribution >= 4 is 6.01 Å². The van der Waals surface area contributed by atoms with Crippen LogP contribution in [0.15, 0.2) is 4.42 Å². The summed E-state index contributed by atoms with van der Waals surface area (Å²) in [6.45, 7) is 4.54. The molecule has 1 aromatic rings. The topological polar surface area (TPSA) is 74.4 Å². The fourth-order valence-corrected chi connectivity index (χ4v) is 2.28. The van der Waals surface area contributed by atoms with Crippen LogP contribution in [0, 0.1) is 0 Å². The number of hydrogen-bond acceptors (Lipinski definition) is 6. The minimum absolute atomic E-state index is 0.111. The summed E-state index contributed by atoms with van der Waals surface area (Å²) in [5.74, 6) is 0.604. The van der Waals surface area contributed by atoms with Crippen molar-refractivity contribution in [2.24, 2.45) is 0 Å². The molecule has 1 fully saturated rings. The summed E-state index contributed by atoms with van der Waals surface area (Å²) in [5.41, 5.74) is 0. The van der Waals surface area contributed by atoms with Crippen molar-refractivity contribution in [2.45, 2.75) is 45.2 Å². The maximum absolute atomic E-state index is 9.45. The summed E-state index contributed by atoms with van der Waals surface area (Å²) in [6, 6.07) is 0.656. The van der Waals surface area contributed by atoms with Gasteiger partial charge in [-0.25, -0.2) is 0 Å². The van der Waals surface area contributed by atoms with Crippen molar-refractivity contribution in [2.75, 3.05) is 24.6 Å². The van der Waals surface area contributed by atoms with Crippen LogP contribution in [0.1, 0.15) is 38.5 Å². The molecular formula is C12H22N4O2. The van der Waals surface area contributed by atoms with Crippen LogP contribution in [0.4, 0.5) is 6.01 Å². The maximum atomic E-state index is 9.45. The van der Waals surface area contributed by atoms with E-state index in [2.05, 4.69) is 20.4 Å². The molecule has 1 aromatic heterocycles. The first-order valence-electron chi connectivity index (χ1n) is 6.75. The van der Waals surface area contributed by atoms with Crippen molar-refractivity contribution in [1.82, 2.24) is 15.5 Å². The van der Waals surface area contributed by atoms with Gasteiger partial charge in [0.25, 0.3) is 0 Å². The zero-order valence-corrected chi connectivity index (χ0v) is 10.9. The third-order valence-electron chi connectivity index (χ3n) is 3.32. The van der Waals surface area contributed by atoms with Gasteiger partial charge in [-0.3, -0.25) is 0 Å². The van der Waals surface area contributed by atoms with E-state index in [1.54, 1.807) is 0 Å². The first-order chi connectivity index (χ1) is 8.85. The first-order valence-corrected chi connectivity index (χ1v) is 6.75. The van der Waals surface area contributed by atoms with Gasteiger partial charge in [0.15, 0.2) is 0 Å². The van der Waals surface area contributed by atoms with Gasteiger partial charge in [-0.15, -0.1) is 5.10 Å². The molecule has 102 valence electrons. The maximum Gasteiger partial charge on any atom is 0.318 e. The monoisotopic (exact) mass is 254 g/mol. The Balaban J connectivity index is 2.05. The highest BCUT2D eigenvalue weighted by molar-refractivity contribution is 5.27. The quantitative estimate of drug-likeness (QED) is 0.814. The molecule has 2 heterocycles. The Hall–Kier alpha value is -1.14. The van der Waals surface area contributed by atoms with E-state index in [1.807, 2.05) is 6.92 Å². The molecule has 2 rings (SSSR count). The Morgan fingerprint density at radius 1 is 1.39 bits per heavy atom. The van der Waals surface area contributed by atoms with Crippen LogP contribution in [-0.2, 0) is 6.54 Å². The number of anilines is 1. The molecule has 0 spiro atoms. The smallest absolute Gasteiger partial charge is 0.318 e. The Morgan fingerprint density at radius 3 is 3.06 bits per heavy atom. The molecule has 0 radical (unpaired) electrons. The largest absolute Gasteiger partial charge is 0.407 e. The zero-order chi connectivity index (χ0) is 12.8. The number of nitrogens with one attached hydrogen (secondary N) is 1. The van der Waals surface area contributed by atoms with Crippen LogP contribution in [0.25, 0.3) is 0 Å². The lowest BCUT2D eigenvalue weighted by molar-refractivity contribution is 0.250. The minimum Gasteiger partial charge on any atom is -0.407 e. The van der Waals surface area contributed by atoms with Crippen LogP contribution in [-0.4, -0.2) is 41.0 Å². The first kappa shape index (κ1) is 13.3. The van der Waals surface area contributed by atoms with Crippen molar-refractivity contribution in [3.63, 3.8) is 0 Å². The van der Waals surface area contributed by atoms with Crippen molar-refractivity contribution in [3.05, 3.63) is 5.89 Å². The molecule has 0 aliphatic carbocycles. The molecule has 0 bridgehead atoms. The van der Waals surface area contributed by atoms with Crippen LogP contribution < -0.4 is 10.2 Å². The molecule has 6 heteroatoms. The molecule has 1 atom stereocenters. The molecule has 0 amide bonds. The molecular weight excluding hydrogens is 232 g/mol. The lowest BCUT2D eigenvalue weighted by Crippen LogP contribution is -2.37. The lowest BCUT2D eigenvalue weighted by atomic mass is 10.1. The number of rotatable bonds is 5. The summed E-state index contributed by atoms with van der Waals surface area (Å²) < 4.78 is 5.64. The van der Waals surface area contributed by atoms with Gasteiger partial charge in [-0.1, -0.05) is 24.9 Å². The van der Waals surface area contributed by atoms with E-state index in [-0.39, 0.29) is 12.6 Å². The molecule has 1 unspecified atom stereocenters. The Labute approximate surface area is 107 Å². The van der Waals surface area contributed by atoms with Crippen molar-refractivity contribution in [1.29, 1.82) is 0 Å². The molecule has 1 aliphatic rings. The fourth-order valence-electron chi connectivity index (χ4n) is 2.28. The standard InChI is InChI=1S/C12H22N4O2/c1-2-13-8-11-14-15-12(18-11)16-7-5-3-4-6-10(16)9-17/h10,13,17H,2-9H2,1H3. The molecule has 1 saturated heterocycles. The molecule has 0 aromatic carbocycles. The lowest BCUT2D eigenvalue weighted by Gasteiger charge is -2.26. The fraction of sp³-hybridized carbons (Fsp3) is 0.833. The van der Waals surface area contributed by atoms with Gasteiger partial charge in [-0.2, -0.15) is 0 Å². The highest BCUT2D eigenvalue weighted by Crippen LogP contribution is 2.22. The van der Waals surface area contributed by atoms with Crippen LogP contribution >= 0.6 is 0 Å². The third kappa shape index (κ3) is 3.20. The number of aromatic nitrogens is 2. The van der Waals surface area contributed by atoms with E-state index >= 15 is 0 Å². The molecule has 2 N–H and O–H groups in total. The van der Waals surface area contributed by atoms with Gasteiger partial charge >= 0.3 is 6.01 Å². The van der Waals surface area contributed by atoms with Gasteiger partial charge in [0.1, 0.15) is 0 Å². The number of aliphatic hydroxyl groups excluding tert-OH is 1. The van der Waals surface area contributed by atoms with E-state index in [1.165, 1.54) is 6.42 Å². The number of aliphatic hydroxyl groups is 1. The minimum atomic E-state index is 0.111. The number of hydrogen-bond donors (Lipinski definition) is 2. The van der Waals surface area contributed by atoms with E-state index in [9.17, 15) is 5.11 Å².